The third kappa shape index (κ3) is 5.85. The van der Waals surface area contributed by atoms with Crippen molar-refractivity contribution in [3.63, 3.8) is 0 Å². The number of para-hydroxylation sites is 1. The number of nitrogens with one attached hydrogen (secondary N) is 2. The number of anilines is 1. The van der Waals surface area contributed by atoms with Gasteiger partial charge >= 0.3 is 5.69 Å². The van der Waals surface area contributed by atoms with E-state index in [-0.39, 0.29) is 36.2 Å². The minimum absolute atomic E-state index is 0. The summed E-state index contributed by atoms with van der Waals surface area (Å²) in [5.41, 5.74) is 0.515. The second-order valence-electron chi connectivity index (χ2n) is 7.62. The van der Waals surface area contributed by atoms with Gasteiger partial charge in [-0.1, -0.05) is 12.1 Å². The highest BCUT2D eigenvalue weighted by atomic mass is 35.5. The molecule has 1 aromatic heterocycles. The molecule has 166 valence electrons. The van der Waals surface area contributed by atoms with Crippen molar-refractivity contribution in [2.75, 3.05) is 44.2 Å². The molecule has 1 unspecified atom stereocenters. The Morgan fingerprint density at radius 1 is 1.00 bits per heavy atom. The van der Waals surface area contributed by atoms with Crippen LogP contribution in [0.5, 0.6) is 0 Å². The maximum Gasteiger partial charge on any atom is 0.325 e. The molecule has 0 spiro atoms. The zero-order valence-corrected chi connectivity index (χ0v) is 18.3. The molecule has 0 radical (unpaired) electrons. The van der Waals surface area contributed by atoms with Gasteiger partial charge in [-0.05, 0) is 31.5 Å². The van der Waals surface area contributed by atoms with Crippen molar-refractivity contribution in [3.05, 3.63) is 62.7 Å². The number of aromatic amines is 2. The normalized spacial score (nSPS) is 20.3. The Bertz CT molecular complexity index is 901. The lowest BCUT2D eigenvalue weighted by atomic mass is 10.0. The molecule has 1 aromatic carbocycles. The van der Waals surface area contributed by atoms with Gasteiger partial charge in [-0.3, -0.25) is 19.6 Å². The van der Waals surface area contributed by atoms with E-state index in [2.05, 4.69) is 24.7 Å². The average Bonchev–Trinajstić information content (AvgIpc) is 2.68. The van der Waals surface area contributed by atoms with Crippen LogP contribution in [0, 0.1) is 5.82 Å². The first-order valence-electron chi connectivity index (χ1n) is 9.87. The number of piperidine rings is 1. The third-order valence-electron chi connectivity index (χ3n) is 5.71. The van der Waals surface area contributed by atoms with Crippen LogP contribution >= 0.6 is 24.8 Å². The van der Waals surface area contributed by atoms with Gasteiger partial charge in [-0.2, -0.15) is 0 Å². The van der Waals surface area contributed by atoms with E-state index in [1.807, 2.05) is 12.1 Å². The van der Waals surface area contributed by atoms with Gasteiger partial charge in [0, 0.05) is 57.1 Å². The molecule has 0 saturated carbocycles. The van der Waals surface area contributed by atoms with E-state index in [0.29, 0.717) is 24.0 Å². The molecule has 2 saturated heterocycles. The van der Waals surface area contributed by atoms with Crippen LogP contribution in [0.2, 0.25) is 0 Å². The van der Waals surface area contributed by atoms with Crippen LogP contribution in [-0.2, 0) is 6.54 Å². The maximum atomic E-state index is 14.0. The molecular weight excluding hydrogens is 432 g/mol. The van der Waals surface area contributed by atoms with Gasteiger partial charge in [0.1, 0.15) is 5.82 Å². The molecule has 7 nitrogen and oxygen atoms in total. The Kier molecular flexibility index (Phi) is 8.91. The Morgan fingerprint density at radius 3 is 2.43 bits per heavy atom. The summed E-state index contributed by atoms with van der Waals surface area (Å²) in [5, 5.41) is 0. The zero-order chi connectivity index (χ0) is 19.5. The quantitative estimate of drug-likeness (QED) is 0.729. The number of hydrogen-bond donors (Lipinski definition) is 2. The number of nitrogens with zero attached hydrogens (tertiary/aromatic N) is 3. The smallest absolute Gasteiger partial charge is 0.325 e. The highest BCUT2D eigenvalue weighted by Gasteiger charge is 2.28. The summed E-state index contributed by atoms with van der Waals surface area (Å²) in [6.07, 6.45) is 2.23. The summed E-state index contributed by atoms with van der Waals surface area (Å²) < 4.78 is 14.0. The predicted octanol–water partition coefficient (Wildman–Crippen LogP) is 1.83. The molecule has 2 aromatic rings. The molecule has 0 aliphatic carbocycles. The molecule has 2 aliphatic heterocycles. The minimum atomic E-state index is -0.458. The SMILES string of the molecule is Cl.Cl.O=c1cc(CN2CCCC(N3CCN(c4ccccc4F)CC3)C2)[nH]c(=O)[nH]1. The molecule has 30 heavy (non-hydrogen) atoms. The third-order valence-corrected chi connectivity index (χ3v) is 5.71. The first-order valence-corrected chi connectivity index (χ1v) is 9.87. The largest absolute Gasteiger partial charge is 0.367 e. The Balaban J connectivity index is 0.00000160. The van der Waals surface area contributed by atoms with E-state index in [1.54, 1.807) is 6.07 Å². The fourth-order valence-corrected chi connectivity index (χ4v) is 4.35. The number of piperazine rings is 1. The molecule has 2 fully saturated rings. The number of rotatable bonds is 4. The van der Waals surface area contributed by atoms with E-state index in [9.17, 15) is 14.0 Å². The highest BCUT2D eigenvalue weighted by molar-refractivity contribution is 5.85. The van der Waals surface area contributed by atoms with Crippen molar-refractivity contribution in [1.82, 2.24) is 19.8 Å². The summed E-state index contributed by atoms with van der Waals surface area (Å²) in [5.74, 6) is -0.161. The van der Waals surface area contributed by atoms with Gasteiger partial charge in [0.25, 0.3) is 5.56 Å². The van der Waals surface area contributed by atoms with Crippen molar-refractivity contribution in [2.24, 2.45) is 0 Å². The summed E-state index contributed by atoms with van der Waals surface area (Å²) in [4.78, 5) is 34.8. The molecule has 0 bridgehead atoms. The number of likely N-dealkylation sites (tertiary alicyclic amines) is 1. The van der Waals surface area contributed by atoms with E-state index in [0.717, 1.165) is 52.1 Å². The lowest BCUT2D eigenvalue weighted by Crippen LogP contribution is -2.55. The molecule has 0 amide bonds. The highest BCUT2D eigenvalue weighted by Crippen LogP contribution is 2.23. The van der Waals surface area contributed by atoms with E-state index in [4.69, 9.17) is 0 Å². The average molecular weight is 460 g/mol. The lowest BCUT2D eigenvalue weighted by molar-refractivity contribution is 0.0879. The van der Waals surface area contributed by atoms with Crippen LogP contribution < -0.4 is 16.1 Å². The number of aromatic nitrogens is 2. The van der Waals surface area contributed by atoms with Gasteiger partial charge in [0.05, 0.1) is 5.69 Å². The van der Waals surface area contributed by atoms with Gasteiger partial charge in [0.2, 0.25) is 0 Å². The molecule has 1 atom stereocenters. The first-order chi connectivity index (χ1) is 13.6. The predicted molar refractivity (Wildman–Crippen MR) is 121 cm³/mol. The summed E-state index contributed by atoms with van der Waals surface area (Å²) in [6, 6.07) is 8.86. The van der Waals surface area contributed by atoms with E-state index < -0.39 is 5.69 Å². The van der Waals surface area contributed by atoms with Gasteiger partial charge < -0.3 is 9.88 Å². The lowest BCUT2D eigenvalue weighted by Gasteiger charge is -2.44. The van der Waals surface area contributed by atoms with Crippen LogP contribution in [0.3, 0.4) is 0 Å². The van der Waals surface area contributed by atoms with Crippen molar-refractivity contribution >= 4 is 30.5 Å². The van der Waals surface area contributed by atoms with Gasteiger partial charge in [0.15, 0.2) is 0 Å². The van der Waals surface area contributed by atoms with Crippen LogP contribution in [0.25, 0.3) is 0 Å². The Hall–Kier alpha value is -1.87. The van der Waals surface area contributed by atoms with Crippen molar-refractivity contribution in [2.45, 2.75) is 25.4 Å². The molecule has 3 heterocycles. The van der Waals surface area contributed by atoms with E-state index in [1.165, 1.54) is 12.1 Å². The second kappa shape index (κ2) is 10.9. The molecule has 2 aliphatic rings. The molecule has 10 heteroatoms. The Morgan fingerprint density at radius 2 is 1.73 bits per heavy atom. The standard InChI is InChI=1S/C20H26FN5O2.2ClH/c21-17-5-1-2-6-18(17)26-10-8-25(9-11-26)16-4-3-7-24(14-16)13-15-12-19(27)23-20(28)22-15;;/h1-2,5-6,12,16H,3-4,7-11,13-14H2,(H2,22,23,27,28);2*1H. The zero-order valence-electron chi connectivity index (χ0n) is 16.7. The molecule has 4 rings (SSSR count). The summed E-state index contributed by atoms with van der Waals surface area (Å²) >= 11 is 0. The Labute approximate surface area is 187 Å². The van der Waals surface area contributed by atoms with Crippen LogP contribution in [0.1, 0.15) is 18.5 Å². The van der Waals surface area contributed by atoms with E-state index >= 15 is 0 Å². The monoisotopic (exact) mass is 459 g/mol. The summed E-state index contributed by atoms with van der Waals surface area (Å²) in [6.45, 7) is 5.90. The number of H-pyrrole nitrogens is 2. The molecular formula is C20H28Cl2FN5O2. The van der Waals surface area contributed by atoms with Gasteiger partial charge in [-0.15, -0.1) is 24.8 Å². The van der Waals surface area contributed by atoms with Crippen LogP contribution in [-0.4, -0.2) is 65.1 Å². The number of hydrogen-bond acceptors (Lipinski definition) is 5. The van der Waals surface area contributed by atoms with Crippen molar-refractivity contribution in [1.29, 1.82) is 0 Å². The number of benzene rings is 1. The topological polar surface area (TPSA) is 75.4 Å². The first kappa shape index (κ1) is 24.4. The minimum Gasteiger partial charge on any atom is -0.367 e. The second-order valence-corrected chi connectivity index (χ2v) is 7.62. The number of halogens is 3. The maximum absolute atomic E-state index is 14.0. The van der Waals surface area contributed by atoms with Crippen molar-refractivity contribution in [3.8, 4) is 0 Å². The fourth-order valence-electron chi connectivity index (χ4n) is 4.35. The fraction of sp³-hybridized carbons (Fsp3) is 0.500. The summed E-state index contributed by atoms with van der Waals surface area (Å²) in [7, 11) is 0. The molecule has 2 N–H and O–H groups in total. The van der Waals surface area contributed by atoms with Gasteiger partial charge in [-0.25, -0.2) is 9.18 Å². The van der Waals surface area contributed by atoms with Crippen LogP contribution in [0.15, 0.2) is 39.9 Å². The van der Waals surface area contributed by atoms with Crippen LogP contribution in [0.4, 0.5) is 10.1 Å². The van der Waals surface area contributed by atoms with Crippen molar-refractivity contribution < 1.29 is 4.39 Å².